The summed E-state index contributed by atoms with van der Waals surface area (Å²) in [4.78, 5) is 24.0. The molecule has 0 aliphatic rings. The Morgan fingerprint density at radius 2 is 1.43 bits per heavy atom. The number of urea groups is 2. The van der Waals surface area contributed by atoms with Gasteiger partial charge >= 0.3 is 18.2 Å². The van der Waals surface area contributed by atoms with Crippen LogP contribution in [0.3, 0.4) is 0 Å². The lowest BCUT2D eigenvalue weighted by Crippen LogP contribution is -2.40. The van der Waals surface area contributed by atoms with E-state index in [1.807, 2.05) is 4.72 Å². The highest BCUT2D eigenvalue weighted by Crippen LogP contribution is 2.33. The maximum absolute atomic E-state index is 13.4. The molecule has 0 heterocycles. The van der Waals surface area contributed by atoms with Gasteiger partial charge in [0.05, 0.1) is 10.5 Å². The van der Waals surface area contributed by atoms with Crippen molar-refractivity contribution in [3.05, 3.63) is 89.2 Å². The molecule has 37 heavy (non-hydrogen) atoms. The zero-order chi connectivity index (χ0) is 27.2. The van der Waals surface area contributed by atoms with Crippen molar-refractivity contribution in [2.75, 3.05) is 17.2 Å². The van der Waals surface area contributed by atoms with Gasteiger partial charge < -0.3 is 16.0 Å². The van der Waals surface area contributed by atoms with Crippen molar-refractivity contribution < 1.29 is 35.6 Å². The lowest BCUT2D eigenvalue weighted by molar-refractivity contribution is -0.139. The van der Waals surface area contributed by atoms with E-state index >= 15 is 0 Å². The monoisotopic (exact) mass is 538 g/mol. The summed E-state index contributed by atoms with van der Waals surface area (Å²) >= 11 is 0. The maximum atomic E-state index is 13.4. The van der Waals surface area contributed by atoms with Gasteiger partial charge in [0, 0.05) is 17.9 Å². The first-order valence-electron chi connectivity index (χ1n) is 10.7. The Morgan fingerprint density at radius 3 is 2.05 bits per heavy atom. The number of hydrogen-bond acceptors (Lipinski definition) is 4. The Kier molecular flexibility index (Phi) is 8.38. The average molecular weight is 539 g/mol. The van der Waals surface area contributed by atoms with Crippen LogP contribution in [0.25, 0.3) is 0 Å². The van der Waals surface area contributed by atoms with Crippen molar-refractivity contribution in [2.45, 2.75) is 24.4 Å². The smallest absolute Gasteiger partial charge is 0.337 e. The number of amides is 4. The first-order chi connectivity index (χ1) is 17.3. The molecule has 3 aromatic carbocycles. The molecular formula is C24H22F4N4O4S. The Bertz CT molecular complexity index is 1380. The number of halogens is 4. The molecule has 0 aliphatic carbocycles. The number of rotatable bonds is 7. The van der Waals surface area contributed by atoms with E-state index in [1.54, 1.807) is 31.2 Å². The van der Waals surface area contributed by atoms with Gasteiger partial charge in [-0.25, -0.2) is 27.1 Å². The molecule has 13 heteroatoms. The topological polar surface area (TPSA) is 116 Å². The zero-order valence-electron chi connectivity index (χ0n) is 19.3. The number of alkyl halides is 3. The van der Waals surface area contributed by atoms with Gasteiger partial charge in [-0.2, -0.15) is 13.2 Å². The molecular weight excluding hydrogens is 516 g/mol. The largest absolute Gasteiger partial charge is 0.419 e. The van der Waals surface area contributed by atoms with Crippen LogP contribution in [0.5, 0.6) is 0 Å². The molecule has 0 unspecified atom stereocenters. The standard InChI is InChI=1S/C24H22F4N4O4S/c1-15-2-9-19(10-3-15)37(35,36)32-22(33)29-13-12-16-4-6-17(7-5-16)30-23(34)31-18-8-11-21(25)20(14-18)24(26,27)28/h2-11,14H,12-13H2,1H3,(H2,29,32,33)(H2,30,31,34). The molecule has 0 saturated heterocycles. The fourth-order valence-electron chi connectivity index (χ4n) is 3.12. The number of carbonyl (C=O) groups is 2. The van der Waals surface area contributed by atoms with Gasteiger partial charge in [-0.05, 0) is 61.4 Å². The van der Waals surface area contributed by atoms with Gasteiger partial charge in [0.15, 0.2) is 0 Å². The Balaban J connectivity index is 1.47. The third-order valence-corrected chi connectivity index (χ3v) is 6.35. The summed E-state index contributed by atoms with van der Waals surface area (Å²) in [5.74, 6) is -1.45. The minimum atomic E-state index is -4.90. The summed E-state index contributed by atoms with van der Waals surface area (Å²) in [6.07, 6.45) is -4.56. The number of anilines is 2. The molecule has 4 amide bonds. The van der Waals surface area contributed by atoms with E-state index in [4.69, 9.17) is 0 Å². The minimum absolute atomic E-state index is 0.0411. The van der Waals surface area contributed by atoms with E-state index in [9.17, 15) is 35.6 Å². The second-order valence-corrected chi connectivity index (χ2v) is 9.58. The molecule has 0 bridgehead atoms. The highest BCUT2D eigenvalue weighted by molar-refractivity contribution is 7.90. The van der Waals surface area contributed by atoms with Crippen LogP contribution in [-0.4, -0.2) is 27.0 Å². The lowest BCUT2D eigenvalue weighted by atomic mass is 10.1. The van der Waals surface area contributed by atoms with Crippen LogP contribution in [0.2, 0.25) is 0 Å². The van der Waals surface area contributed by atoms with Crippen LogP contribution in [0.15, 0.2) is 71.6 Å². The van der Waals surface area contributed by atoms with Gasteiger partial charge in [0.2, 0.25) is 0 Å². The molecule has 196 valence electrons. The molecule has 3 rings (SSSR count). The fraction of sp³-hybridized carbons (Fsp3) is 0.167. The van der Waals surface area contributed by atoms with E-state index in [1.165, 1.54) is 24.3 Å². The molecule has 4 N–H and O–H groups in total. The predicted octanol–water partition coefficient (Wildman–Crippen LogP) is 5.03. The van der Waals surface area contributed by atoms with Gasteiger partial charge in [0.1, 0.15) is 5.82 Å². The van der Waals surface area contributed by atoms with Crippen molar-refractivity contribution in [1.82, 2.24) is 10.0 Å². The SMILES string of the molecule is Cc1ccc(S(=O)(=O)NC(=O)NCCc2ccc(NC(=O)Nc3ccc(F)c(C(F)(F)F)c3)cc2)cc1. The molecule has 0 aliphatic heterocycles. The van der Waals surface area contributed by atoms with Gasteiger partial charge in [-0.1, -0.05) is 29.8 Å². The molecule has 8 nitrogen and oxygen atoms in total. The average Bonchev–Trinajstić information content (AvgIpc) is 2.80. The molecule has 0 spiro atoms. The second kappa shape index (κ2) is 11.3. The molecule has 0 aromatic heterocycles. The predicted molar refractivity (Wildman–Crippen MR) is 129 cm³/mol. The third-order valence-electron chi connectivity index (χ3n) is 5.00. The van der Waals surface area contributed by atoms with Gasteiger partial charge in [0.25, 0.3) is 10.0 Å². The summed E-state index contributed by atoms with van der Waals surface area (Å²) in [6.45, 7) is 1.92. The summed E-state index contributed by atoms with van der Waals surface area (Å²) in [5, 5.41) is 7.09. The number of nitrogens with one attached hydrogen (secondary N) is 4. The van der Waals surface area contributed by atoms with Crippen LogP contribution in [-0.2, 0) is 22.6 Å². The molecule has 0 atom stereocenters. The van der Waals surface area contributed by atoms with Crippen molar-refractivity contribution in [3.63, 3.8) is 0 Å². The van der Waals surface area contributed by atoms with Crippen molar-refractivity contribution in [1.29, 1.82) is 0 Å². The summed E-state index contributed by atoms with van der Waals surface area (Å²) < 4.78 is 78.2. The molecule has 3 aromatic rings. The highest BCUT2D eigenvalue weighted by Gasteiger charge is 2.34. The molecule has 0 radical (unpaired) electrons. The van der Waals surface area contributed by atoms with Gasteiger partial charge in [-0.15, -0.1) is 0 Å². The van der Waals surface area contributed by atoms with Crippen LogP contribution in [0, 0.1) is 12.7 Å². The van der Waals surface area contributed by atoms with Crippen LogP contribution in [0.4, 0.5) is 38.5 Å². The maximum Gasteiger partial charge on any atom is 0.419 e. The lowest BCUT2D eigenvalue weighted by Gasteiger charge is -2.12. The quantitative estimate of drug-likeness (QED) is 0.316. The zero-order valence-corrected chi connectivity index (χ0v) is 20.1. The Morgan fingerprint density at radius 1 is 0.838 bits per heavy atom. The second-order valence-electron chi connectivity index (χ2n) is 7.89. The highest BCUT2D eigenvalue weighted by atomic mass is 32.2. The first-order valence-corrected chi connectivity index (χ1v) is 12.2. The summed E-state index contributed by atoms with van der Waals surface area (Å²) in [5.41, 5.74) is 0.217. The van der Waals surface area contributed by atoms with Crippen molar-refractivity contribution in [3.8, 4) is 0 Å². The number of aryl methyl sites for hydroxylation is 1. The summed E-state index contributed by atoms with van der Waals surface area (Å²) in [6, 6.07) is 12.7. The van der Waals surface area contributed by atoms with E-state index in [0.29, 0.717) is 24.2 Å². The normalized spacial score (nSPS) is 11.5. The third kappa shape index (κ3) is 7.93. The number of benzene rings is 3. The fourth-order valence-corrected chi connectivity index (χ4v) is 4.05. The van der Waals surface area contributed by atoms with Crippen molar-refractivity contribution in [2.24, 2.45) is 0 Å². The van der Waals surface area contributed by atoms with E-state index in [2.05, 4.69) is 16.0 Å². The van der Waals surface area contributed by atoms with E-state index in [-0.39, 0.29) is 17.1 Å². The Hall–Kier alpha value is -4.13. The van der Waals surface area contributed by atoms with Crippen LogP contribution < -0.4 is 20.7 Å². The van der Waals surface area contributed by atoms with Crippen LogP contribution >= 0.6 is 0 Å². The van der Waals surface area contributed by atoms with Crippen molar-refractivity contribution >= 4 is 33.5 Å². The summed E-state index contributed by atoms with van der Waals surface area (Å²) in [7, 11) is -4.01. The van der Waals surface area contributed by atoms with Gasteiger partial charge in [-0.3, -0.25) is 0 Å². The molecule has 0 saturated carbocycles. The first kappa shape index (κ1) is 27.5. The minimum Gasteiger partial charge on any atom is -0.337 e. The number of sulfonamides is 1. The Labute approximate surface area is 210 Å². The van der Waals surface area contributed by atoms with Crippen LogP contribution in [0.1, 0.15) is 16.7 Å². The number of hydrogen-bond donors (Lipinski definition) is 4. The van der Waals surface area contributed by atoms with E-state index in [0.717, 1.165) is 17.2 Å². The van der Waals surface area contributed by atoms with E-state index < -0.39 is 39.6 Å². The molecule has 0 fully saturated rings. The number of carbonyl (C=O) groups excluding carboxylic acids is 2.